The van der Waals surface area contributed by atoms with Gasteiger partial charge in [0, 0.05) is 40.7 Å². The first-order valence-electron chi connectivity index (χ1n) is 8.23. The Bertz CT molecular complexity index is 1210. The Hall–Kier alpha value is -3.73. The second-order valence-electron chi connectivity index (χ2n) is 6.13. The number of benzene rings is 2. The highest BCUT2D eigenvalue weighted by Crippen LogP contribution is 2.34. The minimum absolute atomic E-state index is 0.325. The van der Waals surface area contributed by atoms with Crippen LogP contribution in [-0.2, 0) is 9.59 Å². The van der Waals surface area contributed by atoms with Crippen molar-refractivity contribution in [2.24, 2.45) is 0 Å². The van der Waals surface area contributed by atoms with Gasteiger partial charge in [-0.15, -0.1) is 0 Å². The fourth-order valence-corrected chi connectivity index (χ4v) is 3.47. The van der Waals surface area contributed by atoms with Crippen molar-refractivity contribution in [3.05, 3.63) is 79.3 Å². The van der Waals surface area contributed by atoms with Crippen LogP contribution in [0, 0.1) is 0 Å². The van der Waals surface area contributed by atoms with E-state index < -0.39 is 0 Å². The molecule has 2 aromatic carbocycles. The fourth-order valence-electron chi connectivity index (χ4n) is 3.47. The van der Waals surface area contributed by atoms with Gasteiger partial charge < -0.3 is 4.57 Å². The number of hydrogen-bond donors (Lipinski definition) is 0. The molecule has 0 saturated heterocycles. The van der Waals surface area contributed by atoms with E-state index >= 15 is 0 Å². The molecular weight excluding hydrogens is 326 g/mol. The lowest BCUT2D eigenvalue weighted by atomic mass is 10.1. The summed E-state index contributed by atoms with van der Waals surface area (Å²) < 4.78 is 1.98. The lowest BCUT2D eigenvalue weighted by Gasteiger charge is -2.12. The number of nitrogens with zero attached hydrogens (tertiary/aromatic N) is 3. The number of para-hydroxylation sites is 1. The highest BCUT2D eigenvalue weighted by Gasteiger charge is 2.28. The molecule has 5 nitrogen and oxygen atoms in total. The number of carbonyl (C=O) groups excluding carboxylic acids is 2. The number of aromatic nitrogens is 2. The molecule has 0 bridgehead atoms. The second kappa shape index (κ2) is 5.39. The number of pyridine rings is 1. The number of imide groups is 1. The van der Waals surface area contributed by atoms with Crippen LogP contribution < -0.4 is 4.90 Å². The molecule has 26 heavy (non-hydrogen) atoms. The van der Waals surface area contributed by atoms with Crippen LogP contribution in [0.2, 0.25) is 0 Å². The molecular formula is C21H13N3O2. The molecule has 0 N–H and O–H groups in total. The van der Waals surface area contributed by atoms with E-state index in [0.717, 1.165) is 27.4 Å². The number of hydrogen-bond acceptors (Lipinski definition) is 3. The monoisotopic (exact) mass is 339 g/mol. The zero-order valence-corrected chi connectivity index (χ0v) is 13.7. The Labute approximate surface area is 148 Å². The third-order valence-electron chi connectivity index (χ3n) is 4.65. The summed E-state index contributed by atoms with van der Waals surface area (Å²) in [6, 6.07) is 15.7. The second-order valence-corrected chi connectivity index (χ2v) is 6.13. The summed E-state index contributed by atoms with van der Waals surface area (Å²) in [5.74, 6) is -0.650. The van der Waals surface area contributed by atoms with Crippen molar-refractivity contribution in [2.45, 2.75) is 0 Å². The van der Waals surface area contributed by atoms with Crippen molar-refractivity contribution in [2.75, 3.05) is 4.90 Å². The average Bonchev–Trinajstić information content (AvgIpc) is 3.21. The van der Waals surface area contributed by atoms with Crippen molar-refractivity contribution in [3.8, 4) is 5.69 Å². The van der Waals surface area contributed by atoms with Crippen LogP contribution in [0.3, 0.4) is 0 Å². The number of carbonyl (C=O) groups is 2. The predicted molar refractivity (Wildman–Crippen MR) is 100 cm³/mol. The van der Waals surface area contributed by atoms with Crippen molar-refractivity contribution in [1.82, 2.24) is 9.55 Å². The molecule has 2 amide bonds. The molecule has 0 aliphatic carbocycles. The molecule has 5 heteroatoms. The SMILES string of the molecule is O=C1C=CC(=O)N1c1cn(-c2cncc3ccccc23)c2ccccc12. The maximum absolute atomic E-state index is 12.2. The molecule has 0 atom stereocenters. The molecule has 0 unspecified atom stereocenters. The Kier molecular flexibility index (Phi) is 3.03. The first-order valence-corrected chi connectivity index (χ1v) is 8.23. The zero-order chi connectivity index (χ0) is 17.7. The van der Waals surface area contributed by atoms with Gasteiger partial charge in [0.15, 0.2) is 0 Å². The van der Waals surface area contributed by atoms with Crippen LogP contribution in [0.1, 0.15) is 0 Å². The molecule has 124 valence electrons. The van der Waals surface area contributed by atoms with Crippen LogP contribution in [0.4, 0.5) is 5.69 Å². The van der Waals surface area contributed by atoms with E-state index in [2.05, 4.69) is 4.98 Å². The molecule has 2 aromatic heterocycles. The largest absolute Gasteiger partial charge is 0.312 e. The van der Waals surface area contributed by atoms with Crippen LogP contribution in [0.15, 0.2) is 79.3 Å². The van der Waals surface area contributed by atoms with Crippen LogP contribution in [0.5, 0.6) is 0 Å². The molecule has 0 saturated carbocycles. The maximum atomic E-state index is 12.2. The van der Waals surface area contributed by atoms with Gasteiger partial charge in [0.2, 0.25) is 0 Å². The lowest BCUT2D eigenvalue weighted by molar-refractivity contribution is -0.119. The summed E-state index contributed by atoms with van der Waals surface area (Å²) in [5, 5.41) is 2.91. The standard InChI is InChI=1S/C21H13N3O2/c25-20-9-10-21(26)24(20)19-13-23(17-8-4-3-7-16(17)19)18-12-22-11-14-5-1-2-6-15(14)18/h1-13H. The summed E-state index contributed by atoms with van der Waals surface area (Å²) in [6.45, 7) is 0. The third-order valence-corrected chi connectivity index (χ3v) is 4.65. The van der Waals surface area contributed by atoms with Gasteiger partial charge in [-0.05, 0) is 6.07 Å². The Morgan fingerprint density at radius 3 is 2.23 bits per heavy atom. The van der Waals surface area contributed by atoms with E-state index in [9.17, 15) is 9.59 Å². The van der Waals surface area contributed by atoms with E-state index in [0.29, 0.717) is 5.69 Å². The summed E-state index contributed by atoms with van der Waals surface area (Å²) in [7, 11) is 0. The molecule has 1 aliphatic heterocycles. The quantitative estimate of drug-likeness (QED) is 0.524. The molecule has 0 radical (unpaired) electrons. The van der Waals surface area contributed by atoms with Gasteiger partial charge in [0.05, 0.1) is 23.1 Å². The van der Waals surface area contributed by atoms with Crippen LogP contribution in [0.25, 0.3) is 27.4 Å². The molecule has 0 spiro atoms. The van der Waals surface area contributed by atoms with Crippen LogP contribution >= 0.6 is 0 Å². The van der Waals surface area contributed by atoms with Crippen molar-refractivity contribution >= 4 is 39.2 Å². The Balaban J connectivity index is 1.82. The minimum atomic E-state index is -0.325. The van der Waals surface area contributed by atoms with Crippen molar-refractivity contribution in [1.29, 1.82) is 0 Å². The smallest absolute Gasteiger partial charge is 0.258 e. The van der Waals surface area contributed by atoms with Gasteiger partial charge in [0.1, 0.15) is 0 Å². The first-order chi connectivity index (χ1) is 12.7. The molecule has 0 fully saturated rings. The highest BCUT2D eigenvalue weighted by molar-refractivity contribution is 6.30. The molecule has 4 aromatic rings. The van der Waals surface area contributed by atoms with Crippen molar-refractivity contribution < 1.29 is 9.59 Å². The maximum Gasteiger partial charge on any atom is 0.258 e. The Morgan fingerprint density at radius 1 is 0.731 bits per heavy atom. The summed E-state index contributed by atoms with van der Waals surface area (Å²) in [5.41, 5.74) is 2.39. The zero-order valence-electron chi connectivity index (χ0n) is 13.7. The van der Waals surface area contributed by atoms with E-state index in [-0.39, 0.29) is 11.8 Å². The van der Waals surface area contributed by atoms with E-state index in [1.54, 1.807) is 6.20 Å². The van der Waals surface area contributed by atoms with Crippen LogP contribution in [-0.4, -0.2) is 21.4 Å². The van der Waals surface area contributed by atoms with Gasteiger partial charge in [0.25, 0.3) is 11.8 Å². The van der Waals surface area contributed by atoms with Gasteiger partial charge in [-0.3, -0.25) is 14.6 Å². The number of rotatable bonds is 2. The van der Waals surface area contributed by atoms with Gasteiger partial charge in [-0.25, -0.2) is 4.90 Å². The predicted octanol–water partition coefficient (Wildman–Crippen LogP) is 3.61. The number of fused-ring (bicyclic) bond motifs is 2. The molecule has 1 aliphatic rings. The summed E-state index contributed by atoms with van der Waals surface area (Å²) >= 11 is 0. The van der Waals surface area contributed by atoms with E-state index in [4.69, 9.17) is 0 Å². The van der Waals surface area contributed by atoms with Gasteiger partial charge >= 0.3 is 0 Å². The highest BCUT2D eigenvalue weighted by atomic mass is 16.2. The third kappa shape index (κ3) is 2.01. The topological polar surface area (TPSA) is 55.2 Å². The lowest BCUT2D eigenvalue weighted by Crippen LogP contribution is -2.29. The number of anilines is 1. The summed E-state index contributed by atoms with van der Waals surface area (Å²) in [4.78, 5) is 29.9. The summed E-state index contributed by atoms with van der Waals surface area (Å²) in [6.07, 6.45) is 8.05. The Morgan fingerprint density at radius 2 is 1.42 bits per heavy atom. The van der Waals surface area contributed by atoms with Gasteiger partial charge in [-0.1, -0.05) is 42.5 Å². The fraction of sp³-hybridized carbons (Fsp3) is 0. The number of amides is 2. The van der Waals surface area contributed by atoms with E-state index in [1.165, 1.54) is 17.1 Å². The van der Waals surface area contributed by atoms with Crippen molar-refractivity contribution in [3.63, 3.8) is 0 Å². The minimum Gasteiger partial charge on any atom is -0.312 e. The average molecular weight is 339 g/mol. The first kappa shape index (κ1) is 14.6. The molecule has 3 heterocycles. The normalized spacial score (nSPS) is 14.1. The molecule has 5 rings (SSSR count). The van der Waals surface area contributed by atoms with Gasteiger partial charge in [-0.2, -0.15) is 0 Å². The van der Waals surface area contributed by atoms with E-state index in [1.807, 2.05) is 65.5 Å².